The SMILES string of the molecule is COc1ccc(N(C(=O)c2snc(C(N)=O)c2N)[C@H](C(=O)NC[C@@H]2CCCO2)c2cccs2)cc1. The molecule has 1 fully saturated rings. The summed E-state index contributed by atoms with van der Waals surface area (Å²) in [5.41, 5.74) is 11.6. The Morgan fingerprint density at radius 1 is 1.29 bits per heavy atom. The molecule has 12 heteroatoms. The number of benzene rings is 1. The maximum absolute atomic E-state index is 13.9. The van der Waals surface area contributed by atoms with Gasteiger partial charge in [-0.15, -0.1) is 11.3 Å². The molecule has 0 aliphatic carbocycles. The van der Waals surface area contributed by atoms with Crippen LogP contribution in [0.5, 0.6) is 5.75 Å². The van der Waals surface area contributed by atoms with Gasteiger partial charge in [0.2, 0.25) is 5.91 Å². The number of nitrogen functional groups attached to an aromatic ring is 1. The van der Waals surface area contributed by atoms with Gasteiger partial charge in [0.1, 0.15) is 10.6 Å². The van der Waals surface area contributed by atoms with Crippen molar-refractivity contribution < 1.29 is 23.9 Å². The molecule has 2 aromatic heterocycles. The highest BCUT2D eigenvalue weighted by Crippen LogP contribution is 2.35. The van der Waals surface area contributed by atoms with E-state index >= 15 is 0 Å². The van der Waals surface area contributed by atoms with Crippen molar-refractivity contribution in [3.05, 3.63) is 57.2 Å². The van der Waals surface area contributed by atoms with E-state index in [4.69, 9.17) is 20.9 Å². The molecule has 1 aromatic carbocycles. The number of nitrogens with zero attached hydrogens (tertiary/aromatic N) is 2. The van der Waals surface area contributed by atoms with Crippen molar-refractivity contribution in [3.63, 3.8) is 0 Å². The van der Waals surface area contributed by atoms with Gasteiger partial charge < -0.3 is 26.3 Å². The molecule has 0 bridgehead atoms. The molecule has 3 heterocycles. The number of hydrogen-bond acceptors (Lipinski definition) is 9. The van der Waals surface area contributed by atoms with Gasteiger partial charge in [-0.1, -0.05) is 6.07 Å². The van der Waals surface area contributed by atoms with Gasteiger partial charge >= 0.3 is 0 Å². The summed E-state index contributed by atoms with van der Waals surface area (Å²) >= 11 is 2.11. The number of carbonyl (C=O) groups excluding carboxylic acids is 3. The van der Waals surface area contributed by atoms with E-state index in [1.165, 1.54) is 23.3 Å². The van der Waals surface area contributed by atoms with Gasteiger partial charge in [0.15, 0.2) is 11.7 Å². The van der Waals surface area contributed by atoms with Crippen LogP contribution in [0.25, 0.3) is 0 Å². The maximum Gasteiger partial charge on any atom is 0.273 e. The average molecular weight is 516 g/mol. The molecule has 3 amide bonds. The Bertz CT molecular complexity index is 1190. The van der Waals surface area contributed by atoms with E-state index in [0.29, 0.717) is 29.5 Å². The maximum atomic E-state index is 13.9. The zero-order valence-corrected chi connectivity index (χ0v) is 20.6. The zero-order valence-electron chi connectivity index (χ0n) is 18.9. The predicted octanol–water partition coefficient (Wildman–Crippen LogP) is 2.58. The van der Waals surface area contributed by atoms with E-state index in [9.17, 15) is 14.4 Å². The Kier molecular flexibility index (Phi) is 7.63. The van der Waals surface area contributed by atoms with Crippen molar-refractivity contribution in [2.24, 2.45) is 5.73 Å². The number of carbonyl (C=O) groups is 3. The first kappa shape index (κ1) is 24.6. The number of anilines is 2. The van der Waals surface area contributed by atoms with Gasteiger partial charge in [0, 0.05) is 23.7 Å². The molecule has 1 aliphatic heterocycles. The molecule has 0 unspecified atom stereocenters. The molecular weight excluding hydrogens is 490 g/mol. The summed E-state index contributed by atoms with van der Waals surface area (Å²) in [6.07, 6.45) is 1.74. The van der Waals surface area contributed by atoms with Crippen LogP contribution in [-0.4, -0.2) is 48.5 Å². The molecule has 1 aliphatic rings. The molecule has 184 valence electrons. The van der Waals surface area contributed by atoms with Crippen LogP contribution in [0.4, 0.5) is 11.4 Å². The lowest BCUT2D eigenvalue weighted by molar-refractivity contribution is -0.122. The number of amides is 3. The summed E-state index contributed by atoms with van der Waals surface area (Å²) < 4.78 is 14.8. The van der Waals surface area contributed by atoms with Crippen molar-refractivity contribution in [1.29, 1.82) is 0 Å². The lowest BCUT2D eigenvalue weighted by Gasteiger charge is -2.30. The molecule has 0 spiro atoms. The Balaban J connectivity index is 1.76. The van der Waals surface area contributed by atoms with Crippen LogP contribution in [-0.2, 0) is 9.53 Å². The fourth-order valence-corrected chi connectivity index (χ4v) is 5.36. The normalized spacial score (nSPS) is 16.0. The summed E-state index contributed by atoms with van der Waals surface area (Å²) in [6.45, 7) is 0.998. The van der Waals surface area contributed by atoms with Crippen LogP contribution in [0.1, 0.15) is 43.9 Å². The highest BCUT2D eigenvalue weighted by Gasteiger charge is 2.37. The number of primary amides is 1. The molecular formula is C23H25N5O5S2. The second-order valence-electron chi connectivity index (χ2n) is 7.81. The standard InChI is InChI=1S/C23H25N5O5S2/c1-32-14-8-6-13(7-9-14)28(23(31)20-17(24)18(21(25)29)27-35-20)19(16-5-3-11-34-16)22(30)26-12-15-4-2-10-33-15/h3,5-9,11,15,19H,2,4,10,12,24H2,1H3,(H2,25,29)(H,26,30)/t15-,19-/m0/s1. The van der Waals surface area contributed by atoms with Gasteiger partial charge in [-0.25, -0.2) is 0 Å². The van der Waals surface area contributed by atoms with E-state index in [1.807, 2.05) is 11.4 Å². The van der Waals surface area contributed by atoms with Crippen LogP contribution in [0.15, 0.2) is 41.8 Å². The third kappa shape index (κ3) is 5.29. The van der Waals surface area contributed by atoms with Gasteiger partial charge in [0.25, 0.3) is 11.8 Å². The Labute approximate surface area is 210 Å². The topological polar surface area (TPSA) is 150 Å². The largest absolute Gasteiger partial charge is 0.497 e. The second kappa shape index (κ2) is 10.8. The first-order valence-corrected chi connectivity index (χ1v) is 12.5. The smallest absolute Gasteiger partial charge is 0.273 e. The molecule has 0 saturated carbocycles. The summed E-state index contributed by atoms with van der Waals surface area (Å²) in [7, 11) is 1.54. The molecule has 3 aromatic rings. The quantitative estimate of drug-likeness (QED) is 0.396. The molecule has 10 nitrogen and oxygen atoms in total. The molecule has 0 radical (unpaired) electrons. The van der Waals surface area contributed by atoms with Crippen LogP contribution < -0.4 is 26.4 Å². The molecule has 35 heavy (non-hydrogen) atoms. The van der Waals surface area contributed by atoms with E-state index in [-0.39, 0.29) is 28.3 Å². The molecule has 4 rings (SSSR count). The van der Waals surface area contributed by atoms with E-state index in [1.54, 1.807) is 30.3 Å². The third-order valence-corrected chi connectivity index (χ3v) is 7.35. The summed E-state index contributed by atoms with van der Waals surface area (Å²) in [5, 5.41) is 4.77. The highest BCUT2D eigenvalue weighted by atomic mass is 32.1. The van der Waals surface area contributed by atoms with Crippen molar-refractivity contribution >= 4 is 52.0 Å². The van der Waals surface area contributed by atoms with E-state index < -0.39 is 17.9 Å². The summed E-state index contributed by atoms with van der Waals surface area (Å²) in [6, 6.07) is 9.33. The van der Waals surface area contributed by atoms with Crippen molar-refractivity contribution in [3.8, 4) is 5.75 Å². The first-order valence-electron chi connectivity index (χ1n) is 10.9. The monoisotopic (exact) mass is 515 g/mol. The van der Waals surface area contributed by atoms with E-state index in [0.717, 1.165) is 24.4 Å². The molecule has 1 saturated heterocycles. The third-order valence-electron chi connectivity index (χ3n) is 5.57. The number of methoxy groups -OCH3 is 1. The van der Waals surface area contributed by atoms with Crippen LogP contribution in [0.3, 0.4) is 0 Å². The number of hydrogen-bond donors (Lipinski definition) is 3. The fraction of sp³-hybridized carbons (Fsp3) is 0.304. The van der Waals surface area contributed by atoms with Gasteiger partial charge in [-0.2, -0.15) is 4.37 Å². The van der Waals surface area contributed by atoms with Crippen molar-refractivity contribution in [1.82, 2.24) is 9.69 Å². The summed E-state index contributed by atoms with van der Waals surface area (Å²) in [5.74, 6) is -1.20. The number of ether oxygens (including phenoxy) is 2. The number of rotatable bonds is 9. The minimum Gasteiger partial charge on any atom is -0.497 e. The second-order valence-corrected chi connectivity index (χ2v) is 9.56. The average Bonchev–Trinajstić information content (AvgIpc) is 3.63. The highest BCUT2D eigenvalue weighted by molar-refractivity contribution is 7.10. The first-order chi connectivity index (χ1) is 16.9. The minimum absolute atomic E-state index is 0.0168. The summed E-state index contributed by atoms with van der Waals surface area (Å²) in [4.78, 5) is 41.2. The fourth-order valence-electron chi connectivity index (χ4n) is 3.80. The van der Waals surface area contributed by atoms with Crippen molar-refractivity contribution in [2.45, 2.75) is 25.0 Å². The van der Waals surface area contributed by atoms with Crippen molar-refractivity contribution in [2.75, 3.05) is 30.9 Å². The lowest BCUT2D eigenvalue weighted by Crippen LogP contribution is -2.45. The Morgan fingerprint density at radius 3 is 2.63 bits per heavy atom. The molecule has 5 N–H and O–H groups in total. The predicted molar refractivity (Wildman–Crippen MR) is 134 cm³/mol. The van der Waals surface area contributed by atoms with Crippen LogP contribution in [0.2, 0.25) is 0 Å². The minimum atomic E-state index is -1.00. The molecule has 2 atom stereocenters. The van der Waals surface area contributed by atoms with Gasteiger partial charge in [0.05, 0.1) is 18.9 Å². The Morgan fingerprint density at radius 2 is 2.06 bits per heavy atom. The van der Waals surface area contributed by atoms with E-state index in [2.05, 4.69) is 9.69 Å². The van der Waals surface area contributed by atoms with Crippen LogP contribution >= 0.6 is 22.9 Å². The zero-order chi connectivity index (χ0) is 24.9. The number of thiophene rings is 1. The lowest BCUT2D eigenvalue weighted by atomic mass is 10.1. The van der Waals surface area contributed by atoms with Crippen LogP contribution in [0, 0.1) is 0 Å². The number of nitrogens with one attached hydrogen (secondary N) is 1. The van der Waals surface area contributed by atoms with Gasteiger partial charge in [-0.3, -0.25) is 19.3 Å². The Hall–Kier alpha value is -3.48. The van der Waals surface area contributed by atoms with Gasteiger partial charge in [-0.05, 0) is 60.1 Å². The number of aromatic nitrogens is 1. The number of nitrogens with two attached hydrogens (primary N) is 2.